The van der Waals surface area contributed by atoms with E-state index >= 15 is 0 Å². The van der Waals surface area contributed by atoms with Crippen LogP contribution in [-0.2, 0) is 10.0 Å². The Hall–Kier alpha value is -1.16. The van der Waals surface area contributed by atoms with Crippen molar-refractivity contribution in [3.63, 3.8) is 0 Å². The highest BCUT2D eigenvalue weighted by atomic mass is 32.2. The second-order valence-electron chi connectivity index (χ2n) is 4.54. The van der Waals surface area contributed by atoms with Gasteiger partial charge in [-0.2, -0.15) is 17.5 Å². The first-order valence-electron chi connectivity index (χ1n) is 6.11. The van der Waals surface area contributed by atoms with E-state index in [0.717, 1.165) is 0 Å². The van der Waals surface area contributed by atoms with Crippen molar-refractivity contribution >= 4 is 10.0 Å². The van der Waals surface area contributed by atoms with Crippen molar-refractivity contribution in [1.82, 2.24) is 4.31 Å². The maximum Gasteiger partial charge on any atom is 0.402 e. The van der Waals surface area contributed by atoms with Crippen LogP contribution >= 0.6 is 0 Å². The lowest BCUT2D eigenvalue weighted by Gasteiger charge is -2.23. The number of benzene rings is 1. The number of hydrogen-bond acceptors (Lipinski definition) is 4. The summed E-state index contributed by atoms with van der Waals surface area (Å²) >= 11 is 0. The molecule has 0 aromatic heterocycles. The van der Waals surface area contributed by atoms with Gasteiger partial charge in [-0.25, -0.2) is 8.42 Å². The molecule has 0 heterocycles. The minimum atomic E-state index is -4.69. The molecule has 3 N–H and O–H groups in total. The lowest BCUT2D eigenvalue weighted by Crippen LogP contribution is -2.40. The Bertz CT molecular complexity index is 573. The minimum absolute atomic E-state index is 0.202. The Morgan fingerprint density at radius 3 is 2.48 bits per heavy atom. The van der Waals surface area contributed by atoms with Gasteiger partial charge in [0.2, 0.25) is 10.0 Å². The van der Waals surface area contributed by atoms with Gasteiger partial charge in [-0.15, -0.1) is 0 Å². The quantitative estimate of drug-likeness (QED) is 0.824. The maximum absolute atomic E-state index is 12.5. The second-order valence-corrected chi connectivity index (χ2v) is 6.48. The van der Waals surface area contributed by atoms with E-state index in [1.807, 2.05) is 0 Å². The molecule has 120 valence electrons. The average Bonchev–Trinajstić information content (AvgIpc) is 2.37. The van der Waals surface area contributed by atoms with E-state index in [1.54, 1.807) is 13.0 Å². The predicted molar refractivity (Wildman–Crippen MR) is 70.9 cm³/mol. The Kier molecular flexibility index (Phi) is 5.74. The first-order chi connectivity index (χ1) is 9.58. The fourth-order valence-electron chi connectivity index (χ4n) is 1.70. The number of aliphatic hydroxyl groups excluding tert-OH is 1. The van der Waals surface area contributed by atoms with Crippen molar-refractivity contribution in [2.45, 2.75) is 24.0 Å². The van der Waals surface area contributed by atoms with Crippen LogP contribution < -0.4 is 5.73 Å². The molecule has 0 radical (unpaired) electrons. The first kappa shape index (κ1) is 17.9. The summed E-state index contributed by atoms with van der Waals surface area (Å²) in [7, 11) is -4.35. The topological polar surface area (TPSA) is 83.6 Å². The molecule has 21 heavy (non-hydrogen) atoms. The summed E-state index contributed by atoms with van der Waals surface area (Å²) in [5, 5.41) is 8.79. The highest BCUT2D eigenvalue weighted by Crippen LogP contribution is 2.24. The van der Waals surface area contributed by atoms with Gasteiger partial charge in [-0.3, -0.25) is 0 Å². The number of halogens is 3. The zero-order valence-corrected chi connectivity index (χ0v) is 12.2. The molecule has 1 rings (SSSR count). The maximum atomic E-state index is 12.5. The van der Waals surface area contributed by atoms with Crippen molar-refractivity contribution in [3.05, 3.63) is 29.8 Å². The highest BCUT2D eigenvalue weighted by molar-refractivity contribution is 7.89. The zero-order chi connectivity index (χ0) is 16.3. The van der Waals surface area contributed by atoms with Gasteiger partial charge in [0.1, 0.15) is 6.54 Å². The standard InChI is InChI=1S/C12H17F3N2O3S/c1-9(16)10-3-2-4-11(7-10)21(19,20)17(5-6-18)8-12(13,14)15/h2-4,7,9,18H,5-6,8,16H2,1H3. The molecule has 9 heteroatoms. The predicted octanol–water partition coefficient (Wildman–Crippen LogP) is 1.25. The fraction of sp³-hybridized carbons (Fsp3) is 0.500. The van der Waals surface area contributed by atoms with Crippen molar-refractivity contribution in [2.75, 3.05) is 19.7 Å². The van der Waals surface area contributed by atoms with Crippen molar-refractivity contribution in [2.24, 2.45) is 5.73 Å². The number of alkyl halides is 3. The molecule has 0 saturated heterocycles. The molecule has 0 spiro atoms. The van der Waals surface area contributed by atoms with Crippen LogP contribution in [-0.4, -0.2) is 43.7 Å². The summed E-state index contributed by atoms with van der Waals surface area (Å²) in [6.45, 7) is -1.36. The van der Waals surface area contributed by atoms with Crippen LogP contribution in [0.1, 0.15) is 18.5 Å². The van der Waals surface area contributed by atoms with Gasteiger partial charge in [-0.05, 0) is 24.6 Å². The molecule has 5 nitrogen and oxygen atoms in total. The molecule has 0 fully saturated rings. The summed E-state index contributed by atoms with van der Waals surface area (Å²) in [6, 6.07) is 4.98. The Morgan fingerprint density at radius 2 is 2.00 bits per heavy atom. The third-order valence-electron chi connectivity index (χ3n) is 2.73. The molecule has 1 aromatic carbocycles. The molecule has 0 saturated carbocycles. The second kappa shape index (κ2) is 6.73. The molecule has 0 aliphatic rings. The van der Waals surface area contributed by atoms with Gasteiger partial charge in [0, 0.05) is 12.6 Å². The summed E-state index contributed by atoms with van der Waals surface area (Å²) in [4.78, 5) is -0.282. The molecule has 1 unspecified atom stereocenters. The molecule has 1 atom stereocenters. The summed E-state index contributed by atoms with van der Waals surface area (Å²) in [5.41, 5.74) is 6.13. The lowest BCUT2D eigenvalue weighted by atomic mass is 10.1. The molecular formula is C12H17F3N2O3S. The van der Waals surface area contributed by atoms with Crippen molar-refractivity contribution < 1.29 is 26.7 Å². The number of aliphatic hydroxyl groups is 1. The smallest absolute Gasteiger partial charge is 0.395 e. The van der Waals surface area contributed by atoms with Gasteiger partial charge in [0.25, 0.3) is 0 Å². The zero-order valence-electron chi connectivity index (χ0n) is 11.3. The highest BCUT2D eigenvalue weighted by Gasteiger charge is 2.36. The molecule has 0 aliphatic heterocycles. The summed E-state index contributed by atoms with van der Waals surface area (Å²) < 4.78 is 62.1. The van der Waals surface area contributed by atoms with E-state index in [-0.39, 0.29) is 9.20 Å². The summed E-state index contributed by atoms with van der Waals surface area (Å²) in [6.07, 6.45) is -4.69. The molecule has 0 bridgehead atoms. The van der Waals surface area contributed by atoms with E-state index in [4.69, 9.17) is 10.8 Å². The average molecular weight is 326 g/mol. The monoisotopic (exact) mass is 326 g/mol. The number of hydrogen-bond donors (Lipinski definition) is 2. The number of nitrogens with zero attached hydrogens (tertiary/aromatic N) is 1. The van der Waals surface area contributed by atoms with Crippen molar-refractivity contribution in [3.8, 4) is 0 Å². The van der Waals surface area contributed by atoms with Crippen LogP contribution in [0.4, 0.5) is 13.2 Å². The largest absolute Gasteiger partial charge is 0.402 e. The van der Waals surface area contributed by atoms with Gasteiger partial charge in [-0.1, -0.05) is 12.1 Å². The van der Waals surface area contributed by atoms with E-state index < -0.39 is 41.9 Å². The number of sulfonamides is 1. The Balaban J connectivity index is 3.19. The minimum Gasteiger partial charge on any atom is -0.395 e. The normalized spacial score (nSPS) is 14.4. The summed E-state index contributed by atoms with van der Waals surface area (Å²) in [5.74, 6) is 0. The number of nitrogens with two attached hydrogens (primary N) is 1. The van der Waals surface area contributed by atoms with Crippen LogP contribution in [0.5, 0.6) is 0 Å². The van der Waals surface area contributed by atoms with Gasteiger partial charge < -0.3 is 10.8 Å². The van der Waals surface area contributed by atoms with Crippen LogP contribution in [0.2, 0.25) is 0 Å². The van der Waals surface area contributed by atoms with Gasteiger partial charge in [0.05, 0.1) is 11.5 Å². The van der Waals surface area contributed by atoms with Crippen LogP contribution in [0.3, 0.4) is 0 Å². The SMILES string of the molecule is CC(N)c1cccc(S(=O)(=O)N(CCO)CC(F)(F)F)c1. The Labute approximate surface area is 121 Å². The third kappa shape index (κ3) is 4.95. The molecule has 0 aliphatic carbocycles. The third-order valence-corrected chi connectivity index (χ3v) is 4.57. The fourth-order valence-corrected chi connectivity index (χ4v) is 3.18. The molecule has 1 aromatic rings. The van der Waals surface area contributed by atoms with E-state index in [9.17, 15) is 21.6 Å². The van der Waals surface area contributed by atoms with E-state index in [2.05, 4.69) is 0 Å². The van der Waals surface area contributed by atoms with Crippen molar-refractivity contribution in [1.29, 1.82) is 0 Å². The lowest BCUT2D eigenvalue weighted by molar-refractivity contribution is -0.136. The van der Waals surface area contributed by atoms with E-state index in [1.165, 1.54) is 18.2 Å². The first-order valence-corrected chi connectivity index (χ1v) is 7.55. The van der Waals surface area contributed by atoms with Crippen LogP contribution in [0.15, 0.2) is 29.2 Å². The Morgan fingerprint density at radius 1 is 1.38 bits per heavy atom. The van der Waals surface area contributed by atoms with Crippen LogP contribution in [0, 0.1) is 0 Å². The van der Waals surface area contributed by atoms with Gasteiger partial charge in [0.15, 0.2) is 0 Å². The molecule has 0 amide bonds. The van der Waals surface area contributed by atoms with Gasteiger partial charge >= 0.3 is 6.18 Å². The van der Waals surface area contributed by atoms with Crippen LogP contribution in [0.25, 0.3) is 0 Å². The van der Waals surface area contributed by atoms with E-state index in [0.29, 0.717) is 5.56 Å². The molecular weight excluding hydrogens is 309 g/mol. The number of rotatable bonds is 6.